The number of nitro groups is 3. The zero-order valence-electron chi connectivity index (χ0n) is 50.7. The Morgan fingerprint density at radius 1 is 0.576 bits per heavy atom. The van der Waals surface area contributed by atoms with Gasteiger partial charge >= 0.3 is 0 Å². The molecule has 4 heterocycles. The molecule has 0 spiro atoms. The van der Waals surface area contributed by atoms with Crippen LogP contribution in [0.2, 0.25) is 0 Å². The zero-order valence-corrected chi connectivity index (χ0v) is 51.5. The molecule has 4 aromatic rings. The number of aliphatic hydroxyl groups is 2. The molecule has 502 valence electrons. The van der Waals surface area contributed by atoms with Crippen LogP contribution < -0.4 is 15.4 Å². The molecule has 13 unspecified atom stereocenters. The van der Waals surface area contributed by atoms with Gasteiger partial charge < -0.3 is 74.1 Å². The van der Waals surface area contributed by atoms with Crippen molar-refractivity contribution in [2.75, 3.05) is 18.5 Å². The van der Waals surface area contributed by atoms with Crippen LogP contribution in [0.25, 0.3) is 0 Å². The molecule has 0 saturated carbocycles. The number of nitrogens with one attached hydrogen (secondary N) is 3. The smallest absolute Gasteiger partial charge is 0.270 e. The van der Waals surface area contributed by atoms with E-state index in [1.54, 1.807) is 0 Å². The summed E-state index contributed by atoms with van der Waals surface area (Å²) in [7, 11) is -4.10. The van der Waals surface area contributed by atoms with Gasteiger partial charge in [0, 0.05) is 74.7 Å². The van der Waals surface area contributed by atoms with Crippen molar-refractivity contribution in [3.8, 4) is 17.2 Å². The summed E-state index contributed by atoms with van der Waals surface area (Å²) in [6.07, 6.45) is -3.73. The summed E-state index contributed by atoms with van der Waals surface area (Å²) >= 11 is 0. The van der Waals surface area contributed by atoms with Gasteiger partial charge in [-0.2, -0.15) is 0 Å². The van der Waals surface area contributed by atoms with E-state index in [4.69, 9.17) is 37.9 Å². The van der Waals surface area contributed by atoms with E-state index in [1.807, 2.05) is 11.6 Å². The number of ether oxygens (including phenoxy) is 8. The van der Waals surface area contributed by atoms with Gasteiger partial charge in [0.1, 0.15) is 17.2 Å². The predicted octanol–water partition coefficient (Wildman–Crippen LogP) is 7.97. The molecule has 13 atom stereocenters. The second kappa shape index (κ2) is 32.8. The lowest BCUT2D eigenvalue weighted by molar-refractivity contribution is -0.385. The minimum absolute atomic E-state index is 0.0547. The number of carbonyl (C=O) groups is 3. The zero-order chi connectivity index (χ0) is 66.2. The highest BCUT2D eigenvalue weighted by Gasteiger charge is 2.37. The number of non-ortho nitro benzene ring substituents is 3. The molecule has 0 aromatic heterocycles. The maximum absolute atomic E-state index is 13.1. The van der Waals surface area contributed by atoms with Gasteiger partial charge in [-0.05, 0) is 133 Å². The van der Waals surface area contributed by atoms with Crippen molar-refractivity contribution in [2.45, 2.75) is 208 Å². The largest absolute Gasteiger partial charge is 0.507 e. The van der Waals surface area contributed by atoms with E-state index >= 15 is 0 Å². The quantitative estimate of drug-likeness (QED) is 0.0181. The van der Waals surface area contributed by atoms with Crippen LogP contribution >= 0.6 is 0 Å². The lowest BCUT2D eigenvalue weighted by Crippen LogP contribution is -2.45. The van der Waals surface area contributed by atoms with Crippen molar-refractivity contribution in [3.63, 3.8) is 0 Å². The fraction of sp³-hybridized carbons (Fsp3) is 0.557. The Hall–Kier alpha value is -7.56. The highest BCUT2D eigenvalue weighted by molar-refractivity contribution is 7.90. The Kier molecular flexibility index (Phi) is 25.1. The molecule has 4 aliphatic heterocycles. The molecule has 3 amide bonds. The first-order valence-electron chi connectivity index (χ1n) is 30.5. The second-order valence-electron chi connectivity index (χ2n) is 23.4. The van der Waals surface area contributed by atoms with Gasteiger partial charge in [-0.3, -0.25) is 44.7 Å². The third-order valence-electron chi connectivity index (χ3n) is 16.1. The summed E-state index contributed by atoms with van der Waals surface area (Å²) in [6, 6.07) is 15.8. The summed E-state index contributed by atoms with van der Waals surface area (Å²) in [5.74, 6) is -2.54. The van der Waals surface area contributed by atoms with E-state index in [-0.39, 0.29) is 119 Å². The highest BCUT2D eigenvalue weighted by Crippen LogP contribution is 2.42. The molecule has 4 saturated heterocycles. The Labute approximate surface area is 529 Å². The highest BCUT2D eigenvalue weighted by atomic mass is 32.2. The number of sulfonamides is 1. The van der Waals surface area contributed by atoms with Crippen molar-refractivity contribution in [2.24, 2.45) is 0 Å². The minimum atomic E-state index is -4.10. The standard InChI is InChI=1S/C61H78N6O24S/c1-35-26-43(89-60(85-35)51-28-39(66(78)79)15-20-54(51)72)10-5-11-44-33-48(87-58(86-44)34-62-56(74)22-23-57(75)63-37-12-17-49(18-13-37)92(82,83)64-36(2)68)31-42(70)7-4-9-46-32-45(90-61(91-46)52-29-40(67(80)81)16-21-55(52)73)8-3-6-41(69)30-47-24-25-84-59(88-47)50-27-38(65(76)77)14-19-53(50)71/h12-21,27-29,35,41-48,58-61,69-73H,3-11,22-26,30-34H2,1-2H3,(H,62,74)(H,63,75)(H,64,68). The van der Waals surface area contributed by atoms with Gasteiger partial charge in [0.2, 0.25) is 17.7 Å². The monoisotopic (exact) mass is 1310 g/mol. The van der Waals surface area contributed by atoms with E-state index in [9.17, 15) is 78.7 Å². The van der Waals surface area contributed by atoms with Crippen LogP contribution in [0.3, 0.4) is 0 Å². The molecule has 4 aromatic carbocycles. The lowest BCUT2D eigenvalue weighted by Gasteiger charge is -2.38. The summed E-state index contributed by atoms with van der Waals surface area (Å²) in [4.78, 5) is 70.0. The van der Waals surface area contributed by atoms with E-state index < -0.39 is 110 Å². The van der Waals surface area contributed by atoms with E-state index in [0.29, 0.717) is 77.0 Å². The number of benzene rings is 4. The number of carbonyl (C=O) groups excluding carboxylic acids is 3. The van der Waals surface area contributed by atoms with Crippen molar-refractivity contribution in [3.05, 3.63) is 126 Å². The van der Waals surface area contributed by atoms with Gasteiger partial charge in [-0.1, -0.05) is 0 Å². The van der Waals surface area contributed by atoms with Crippen molar-refractivity contribution in [1.29, 1.82) is 0 Å². The minimum Gasteiger partial charge on any atom is -0.507 e. The normalized spacial score (nSPS) is 25.0. The first-order chi connectivity index (χ1) is 43.8. The van der Waals surface area contributed by atoms with Crippen LogP contribution in [-0.4, -0.2) is 141 Å². The van der Waals surface area contributed by atoms with Crippen LogP contribution in [0.1, 0.15) is 159 Å². The predicted molar refractivity (Wildman–Crippen MR) is 322 cm³/mol. The van der Waals surface area contributed by atoms with Gasteiger partial charge in [0.25, 0.3) is 27.1 Å². The average molecular weight is 1310 g/mol. The number of amides is 3. The third-order valence-corrected chi connectivity index (χ3v) is 17.6. The second-order valence-corrected chi connectivity index (χ2v) is 25.1. The summed E-state index contributed by atoms with van der Waals surface area (Å²) in [6.45, 7) is 2.99. The van der Waals surface area contributed by atoms with Crippen LogP contribution in [-0.2, 0) is 62.3 Å². The number of phenols is 3. The number of anilines is 1. The fourth-order valence-electron chi connectivity index (χ4n) is 11.6. The molecular formula is C61H78N6O24S. The molecule has 30 nitrogen and oxygen atoms in total. The fourth-order valence-corrected chi connectivity index (χ4v) is 12.6. The number of nitro benzene ring substituents is 3. The van der Waals surface area contributed by atoms with Crippen molar-refractivity contribution < 1.29 is 101 Å². The van der Waals surface area contributed by atoms with E-state index in [1.165, 1.54) is 66.7 Å². The SMILES string of the molecule is CC(=O)NS(=O)(=O)c1ccc(NC(=O)CCC(=O)NCC2OC(CCCC3CC(C)OC(c4cc([N+](=O)[O-])ccc4O)O3)CC(CC(O)CCCC3CC(CCCC(O)CC4CCOC(c5cc([N+](=O)[O-])ccc5O)O4)OC(c4cc([N+](=O)[O-])ccc4O)O3)O2)cc1. The summed E-state index contributed by atoms with van der Waals surface area (Å²) in [5.41, 5.74) is -0.252. The van der Waals surface area contributed by atoms with Gasteiger partial charge in [0.15, 0.2) is 25.2 Å². The van der Waals surface area contributed by atoms with E-state index in [0.717, 1.165) is 19.1 Å². The Morgan fingerprint density at radius 2 is 1.02 bits per heavy atom. The van der Waals surface area contributed by atoms with Crippen LogP contribution in [0.15, 0.2) is 83.8 Å². The number of hydrogen-bond acceptors (Lipinski definition) is 24. The number of rotatable bonds is 30. The molecule has 0 aliphatic carbocycles. The first-order valence-corrected chi connectivity index (χ1v) is 32.0. The van der Waals surface area contributed by atoms with Crippen LogP contribution in [0.5, 0.6) is 17.2 Å². The van der Waals surface area contributed by atoms with Gasteiger partial charge in [0.05, 0.1) is 104 Å². The van der Waals surface area contributed by atoms with E-state index in [2.05, 4.69) is 10.6 Å². The first kappa shape index (κ1) is 70.3. The van der Waals surface area contributed by atoms with Crippen LogP contribution in [0.4, 0.5) is 22.7 Å². The molecule has 31 heteroatoms. The van der Waals surface area contributed by atoms with Gasteiger partial charge in [-0.15, -0.1) is 0 Å². The molecule has 8 N–H and O–H groups in total. The number of phenolic OH excluding ortho intramolecular Hbond substituents is 3. The number of aromatic hydroxyl groups is 3. The maximum Gasteiger partial charge on any atom is 0.270 e. The maximum atomic E-state index is 13.1. The molecule has 0 radical (unpaired) electrons. The molecule has 8 rings (SSSR count). The van der Waals surface area contributed by atoms with Gasteiger partial charge in [-0.25, -0.2) is 13.1 Å². The molecule has 4 aliphatic rings. The topological polar surface area (TPSA) is 426 Å². The van der Waals surface area contributed by atoms with Crippen molar-refractivity contribution >= 4 is 50.5 Å². The Morgan fingerprint density at radius 3 is 1.55 bits per heavy atom. The number of aliphatic hydroxyl groups excluding tert-OH is 2. The molecular weight excluding hydrogens is 1230 g/mol. The summed E-state index contributed by atoms with van der Waals surface area (Å²) < 4.78 is 75.7. The molecule has 92 heavy (non-hydrogen) atoms. The molecule has 0 bridgehead atoms. The number of nitrogens with zero attached hydrogens (tertiary/aromatic N) is 3. The molecule has 4 fully saturated rings. The number of hydrogen-bond donors (Lipinski definition) is 8. The average Bonchev–Trinajstić information content (AvgIpc) is 0.948. The summed E-state index contributed by atoms with van der Waals surface area (Å²) in [5, 5.41) is 94.7. The Bertz CT molecular complexity index is 3330. The lowest BCUT2D eigenvalue weighted by atomic mass is 9.95. The van der Waals surface area contributed by atoms with Crippen molar-refractivity contribution in [1.82, 2.24) is 10.0 Å². The Balaban J connectivity index is 0.855. The third kappa shape index (κ3) is 20.7. The van der Waals surface area contributed by atoms with Crippen LogP contribution in [0, 0.1) is 30.3 Å².